The number of sulfonamides is 1. The van der Waals surface area contributed by atoms with Crippen LogP contribution in [0.25, 0.3) is 10.6 Å². The van der Waals surface area contributed by atoms with E-state index >= 15 is 0 Å². The Kier molecular flexibility index (Phi) is 6.77. The molecule has 0 aliphatic carbocycles. The average molecular weight is 470 g/mol. The minimum atomic E-state index is -4.39. The Labute approximate surface area is 181 Å². The van der Waals surface area contributed by atoms with Crippen LogP contribution in [0.15, 0.2) is 58.8 Å². The molecule has 0 saturated heterocycles. The largest absolute Gasteiger partial charge is 0.416 e. The molecule has 0 radical (unpaired) electrons. The molecule has 1 amide bonds. The Hall–Kier alpha value is -2.76. The van der Waals surface area contributed by atoms with Gasteiger partial charge in [0.15, 0.2) is 0 Å². The summed E-state index contributed by atoms with van der Waals surface area (Å²) in [5, 5.41) is 10.0. The number of benzene rings is 2. The van der Waals surface area contributed by atoms with E-state index in [1.165, 1.54) is 35.6 Å². The highest BCUT2D eigenvalue weighted by Crippen LogP contribution is 2.31. The number of thiazole rings is 1. The second-order valence-electron chi connectivity index (χ2n) is 6.68. The average Bonchev–Trinajstić information content (AvgIpc) is 3.15. The van der Waals surface area contributed by atoms with Crippen molar-refractivity contribution in [3.8, 4) is 10.6 Å². The van der Waals surface area contributed by atoms with Crippen molar-refractivity contribution in [2.24, 2.45) is 5.14 Å². The maximum Gasteiger partial charge on any atom is 0.416 e. The van der Waals surface area contributed by atoms with Gasteiger partial charge in [-0.25, -0.2) is 18.5 Å². The molecule has 0 atom stereocenters. The van der Waals surface area contributed by atoms with Crippen LogP contribution in [-0.4, -0.2) is 25.9 Å². The van der Waals surface area contributed by atoms with E-state index in [1.54, 1.807) is 17.5 Å². The van der Waals surface area contributed by atoms with E-state index in [1.807, 2.05) is 0 Å². The maximum absolute atomic E-state index is 12.7. The number of rotatable bonds is 7. The third-order valence-corrected chi connectivity index (χ3v) is 6.21. The summed E-state index contributed by atoms with van der Waals surface area (Å²) in [5.74, 6) is -0.245. The van der Waals surface area contributed by atoms with Gasteiger partial charge in [0.1, 0.15) is 5.01 Å². The van der Waals surface area contributed by atoms with Crippen molar-refractivity contribution in [2.75, 3.05) is 6.54 Å². The smallest absolute Gasteiger partial charge is 0.355 e. The number of amides is 1. The molecular formula is C20H18F3N3O3S2. The summed E-state index contributed by atoms with van der Waals surface area (Å²) in [7, 11) is -3.74. The number of nitrogens with one attached hydrogen (secondary N) is 1. The summed E-state index contributed by atoms with van der Waals surface area (Å²) in [4.78, 5) is 16.5. The fourth-order valence-corrected chi connectivity index (χ4v) is 4.08. The normalized spacial score (nSPS) is 12.0. The van der Waals surface area contributed by atoms with Crippen LogP contribution in [-0.2, 0) is 33.8 Å². The number of hydrogen-bond acceptors (Lipinski definition) is 5. The zero-order chi connectivity index (χ0) is 22.6. The number of halogens is 3. The number of primary sulfonamides is 1. The lowest BCUT2D eigenvalue weighted by Gasteiger charge is -2.06. The van der Waals surface area contributed by atoms with E-state index in [4.69, 9.17) is 5.14 Å². The molecule has 31 heavy (non-hydrogen) atoms. The van der Waals surface area contributed by atoms with Crippen molar-refractivity contribution in [1.82, 2.24) is 10.3 Å². The number of hydrogen-bond donors (Lipinski definition) is 2. The number of carbonyl (C=O) groups is 1. The Morgan fingerprint density at radius 1 is 1.06 bits per heavy atom. The molecule has 0 aliphatic rings. The van der Waals surface area contributed by atoms with Crippen molar-refractivity contribution in [3.63, 3.8) is 0 Å². The molecule has 0 unspecified atom stereocenters. The van der Waals surface area contributed by atoms with Gasteiger partial charge in [0.25, 0.3) is 0 Å². The van der Waals surface area contributed by atoms with Gasteiger partial charge >= 0.3 is 6.18 Å². The number of alkyl halides is 3. The topological polar surface area (TPSA) is 102 Å². The standard InChI is InChI=1S/C20H18F3N3O3S2/c21-20(22,23)15-5-3-14(4-6-15)19-26-16(12-30-19)11-18(27)25-10-9-13-1-7-17(8-2-13)31(24,28)29/h1-8,12H,9-11H2,(H,25,27)(H2,24,28,29). The highest BCUT2D eigenvalue weighted by atomic mass is 32.2. The molecule has 0 aliphatic heterocycles. The monoisotopic (exact) mass is 469 g/mol. The zero-order valence-electron chi connectivity index (χ0n) is 16.0. The first kappa shape index (κ1) is 22.9. The maximum atomic E-state index is 12.7. The van der Waals surface area contributed by atoms with Crippen molar-refractivity contribution in [2.45, 2.75) is 23.9 Å². The number of aromatic nitrogens is 1. The van der Waals surface area contributed by atoms with E-state index in [9.17, 15) is 26.4 Å². The first-order valence-corrected chi connectivity index (χ1v) is 11.5. The number of carbonyl (C=O) groups excluding carboxylic acids is 1. The van der Waals surface area contributed by atoms with E-state index in [0.29, 0.717) is 29.2 Å². The van der Waals surface area contributed by atoms with Gasteiger partial charge in [-0.05, 0) is 36.2 Å². The molecule has 11 heteroatoms. The summed E-state index contributed by atoms with van der Waals surface area (Å²) >= 11 is 1.25. The van der Waals surface area contributed by atoms with Crippen molar-refractivity contribution >= 4 is 27.3 Å². The number of nitrogens with zero attached hydrogens (tertiary/aromatic N) is 1. The van der Waals surface area contributed by atoms with Gasteiger partial charge in [0.05, 0.1) is 22.6 Å². The molecule has 0 saturated carbocycles. The number of nitrogens with two attached hydrogens (primary N) is 1. The Bertz CT molecular complexity index is 1160. The molecule has 6 nitrogen and oxygen atoms in total. The Morgan fingerprint density at radius 2 is 1.71 bits per heavy atom. The van der Waals surface area contributed by atoms with E-state index in [2.05, 4.69) is 10.3 Å². The second kappa shape index (κ2) is 9.16. The van der Waals surface area contributed by atoms with Crippen LogP contribution >= 0.6 is 11.3 Å². The molecule has 2 aromatic carbocycles. The lowest BCUT2D eigenvalue weighted by molar-refractivity contribution is -0.137. The summed E-state index contributed by atoms with van der Waals surface area (Å²) in [6, 6.07) is 10.8. The predicted octanol–water partition coefficient (Wildman–Crippen LogP) is 3.38. The molecule has 1 aromatic heterocycles. The minimum absolute atomic E-state index is 0.0210. The molecule has 0 fully saturated rings. The fraction of sp³-hybridized carbons (Fsp3) is 0.200. The lowest BCUT2D eigenvalue weighted by atomic mass is 10.1. The Morgan fingerprint density at radius 3 is 2.29 bits per heavy atom. The van der Waals surface area contributed by atoms with E-state index in [0.717, 1.165) is 17.7 Å². The molecule has 0 bridgehead atoms. The molecule has 3 rings (SSSR count). The van der Waals surface area contributed by atoms with Gasteiger partial charge < -0.3 is 5.32 Å². The van der Waals surface area contributed by atoms with Crippen molar-refractivity contribution in [1.29, 1.82) is 0 Å². The first-order valence-electron chi connectivity index (χ1n) is 9.03. The van der Waals surface area contributed by atoms with Gasteiger partial charge in [0.2, 0.25) is 15.9 Å². The third kappa shape index (κ3) is 6.36. The fourth-order valence-electron chi connectivity index (χ4n) is 2.74. The predicted molar refractivity (Wildman–Crippen MR) is 111 cm³/mol. The highest BCUT2D eigenvalue weighted by molar-refractivity contribution is 7.89. The van der Waals surface area contributed by atoms with Crippen LogP contribution in [0, 0.1) is 0 Å². The first-order chi connectivity index (χ1) is 14.5. The molecule has 3 aromatic rings. The van der Waals surface area contributed by atoms with Crippen molar-refractivity contribution in [3.05, 3.63) is 70.7 Å². The lowest BCUT2D eigenvalue weighted by Crippen LogP contribution is -2.27. The van der Waals surface area contributed by atoms with Gasteiger partial charge in [0, 0.05) is 17.5 Å². The Balaban J connectivity index is 1.51. The van der Waals surface area contributed by atoms with Gasteiger partial charge in [-0.2, -0.15) is 13.2 Å². The highest BCUT2D eigenvalue weighted by Gasteiger charge is 2.30. The van der Waals surface area contributed by atoms with Gasteiger partial charge in [-0.1, -0.05) is 24.3 Å². The molecule has 0 spiro atoms. The van der Waals surface area contributed by atoms with Crippen LogP contribution in [0.1, 0.15) is 16.8 Å². The van der Waals surface area contributed by atoms with Gasteiger partial charge in [-0.15, -0.1) is 11.3 Å². The zero-order valence-corrected chi connectivity index (χ0v) is 17.7. The quantitative estimate of drug-likeness (QED) is 0.554. The summed E-state index contributed by atoms with van der Waals surface area (Å²) in [6.07, 6.45) is -3.85. The van der Waals surface area contributed by atoms with Gasteiger partial charge in [-0.3, -0.25) is 4.79 Å². The molecular weight excluding hydrogens is 451 g/mol. The van der Waals surface area contributed by atoms with Crippen molar-refractivity contribution < 1.29 is 26.4 Å². The SMILES string of the molecule is NS(=O)(=O)c1ccc(CCNC(=O)Cc2csc(-c3ccc(C(F)(F)F)cc3)n2)cc1. The van der Waals surface area contributed by atoms with Crippen LogP contribution in [0.5, 0.6) is 0 Å². The summed E-state index contributed by atoms with van der Waals surface area (Å²) in [6.45, 7) is 0.351. The molecule has 164 valence electrons. The van der Waals surface area contributed by atoms with Crippen LogP contribution in [0.4, 0.5) is 13.2 Å². The van der Waals surface area contributed by atoms with Crippen LogP contribution in [0.2, 0.25) is 0 Å². The van der Waals surface area contributed by atoms with Crippen LogP contribution < -0.4 is 10.5 Å². The minimum Gasteiger partial charge on any atom is -0.355 e. The third-order valence-electron chi connectivity index (χ3n) is 4.34. The summed E-state index contributed by atoms with van der Waals surface area (Å²) in [5.41, 5.74) is 1.18. The molecule has 3 N–H and O–H groups in total. The second-order valence-corrected chi connectivity index (χ2v) is 9.10. The van der Waals surface area contributed by atoms with E-state index < -0.39 is 21.8 Å². The van der Waals surface area contributed by atoms with Crippen LogP contribution in [0.3, 0.4) is 0 Å². The van der Waals surface area contributed by atoms with E-state index in [-0.39, 0.29) is 17.2 Å². The summed E-state index contributed by atoms with van der Waals surface area (Å²) < 4.78 is 60.5. The molecule has 1 heterocycles.